The minimum Gasteiger partial charge on any atom is -0.447 e. The minimum absolute atomic E-state index is 0.225. The minimum atomic E-state index is -0.359. The van der Waals surface area contributed by atoms with Gasteiger partial charge in [-0.05, 0) is 50.1 Å². The number of fused-ring (bicyclic) bond motifs is 1. The van der Waals surface area contributed by atoms with E-state index in [1.807, 2.05) is 32.9 Å². The van der Waals surface area contributed by atoms with Crippen molar-refractivity contribution < 1.29 is 4.42 Å². The quantitative estimate of drug-likeness (QED) is 0.413. The molecule has 0 bridgehead atoms. The average Bonchev–Trinajstić information content (AvgIpc) is 2.84. The molecule has 0 N–H and O–H groups in total. The van der Waals surface area contributed by atoms with E-state index in [0.717, 1.165) is 8.95 Å². The van der Waals surface area contributed by atoms with Gasteiger partial charge in [-0.25, -0.2) is 4.98 Å². The maximum absolute atomic E-state index is 13.0. The first kappa shape index (κ1) is 18.5. The maximum atomic E-state index is 13.0. The first-order valence-corrected chi connectivity index (χ1v) is 9.76. The van der Waals surface area contributed by atoms with Gasteiger partial charge in [-0.15, -0.1) is 0 Å². The molecule has 3 aromatic rings. The van der Waals surface area contributed by atoms with E-state index < -0.39 is 0 Å². The molecule has 0 aliphatic rings. The van der Waals surface area contributed by atoms with Gasteiger partial charge >= 0.3 is 0 Å². The van der Waals surface area contributed by atoms with Crippen LogP contribution in [0.4, 0.5) is 0 Å². The van der Waals surface area contributed by atoms with Crippen LogP contribution in [0.2, 0.25) is 0 Å². The van der Waals surface area contributed by atoms with Crippen LogP contribution in [-0.2, 0) is 5.41 Å². The van der Waals surface area contributed by atoms with E-state index in [0.29, 0.717) is 27.2 Å². The number of furan rings is 1. The van der Waals surface area contributed by atoms with Gasteiger partial charge in [0.05, 0.1) is 21.6 Å². The Morgan fingerprint density at radius 1 is 1.20 bits per heavy atom. The molecule has 2 aromatic heterocycles. The Balaban J connectivity index is 2.24. The second kappa shape index (κ2) is 6.81. The highest BCUT2D eigenvalue weighted by atomic mass is 79.9. The highest BCUT2D eigenvalue weighted by Gasteiger charge is 2.23. The molecular formula is C17H14Br3N3O2. The molecule has 0 saturated carbocycles. The van der Waals surface area contributed by atoms with Crippen molar-refractivity contribution in [2.75, 3.05) is 0 Å². The largest absolute Gasteiger partial charge is 0.447 e. The van der Waals surface area contributed by atoms with Crippen LogP contribution in [0.3, 0.4) is 0 Å². The lowest BCUT2D eigenvalue weighted by atomic mass is 9.95. The SMILES string of the molecule is CC(C)(C)c1nc2ccc(Br)cc2c(=O)n1N=Cc1cc(Br)c(Br)o1. The van der Waals surface area contributed by atoms with Crippen molar-refractivity contribution in [1.29, 1.82) is 0 Å². The number of hydrogen-bond acceptors (Lipinski definition) is 4. The second-order valence-electron chi connectivity index (χ2n) is 6.48. The number of halogens is 3. The third kappa shape index (κ3) is 3.80. The number of benzene rings is 1. The normalized spacial score (nSPS) is 12.4. The summed E-state index contributed by atoms with van der Waals surface area (Å²) in [5.41, 5.74) is 0.0625. The number of nitrogens with zero attached hydrogens (tertiary/aromatic N) is 3. The van der Waals surface area contributed by atoms with Gasteiger partial charge in [-0.1, -0.05) is 36.7 Å². The number of rotatable bonds is 2. The summed E-state index contributed by atoms with van der Waals surface area (Å²) in [6, 6.07) is 7.21. The topological polar surface area (TPSA) is 60.4 Å². The van der Waals surface area contributed by atoms with Gasteiger partial charge in [0, 0.05) is 16.0 Å². The molecule has 0 atom stereocenters. The van der Waals surface area contributed by atoms with Gasteiger partial charge in [0.15, 0.2) is 4.67 Å². The van der Waals surface area contributed by atoms with Gasteiger partial charge in [-0.2, -0.15) is 9.78 Å². The molecule has 1 aromatic carbocycles. The van der Waals surface area contributed by atoms with E-state index in [2.05, 4.69) is 57.9 Å². The lowest BCUT2D eigenvalue weighted by Crippen LogP contribution is -2.29. The Kier molecular flexibility index (Phi) is 5.05. The summed E-state index contributed by atoms with van der Waals surface area (Å²) in [6.45, 7) is 5.97. The van der Waals surface area contributed by atoms with Gasteiger partial charge in [0.1, 0.15) is 11.6 Å². The lowest BCUT2D eigenvalue weighted by molar-refractivity contribution is 0.503. The van der Waals surface area contributed by atoms with Gasteiger partial charge in [-0.3, -0.25) is 4.79 Å². The van der Waals surface area contributed by atoms with E-state index in [9.17, 15) is 4.79 Å². The fourth-order valence-electron chi connectivity index (χ4n) is 2.28. The number of aromatic nitrogens is 2. The Hall–Kier alpha value is -1.25. The van der Waals surface area contributed by atoms with Crippen LogP contribution < -0.4 is 5.56 Å². The van der Waals surface area contributed by atoms with Crippen molar-refractivity contribution in [3.63, 3.8) is 0 Å². The Bertz CT molecular complexity index is 1030. The van der Waals surface area contributed by atoms with Crippen LogP contribution in [0, 0.1) is 0 Å². The monoisotopic (exact) mass is 529 g/mol. The summed E-state index contributed by atoms with van der Waals surface area (Å²) in [5.74, 6) is 1.09. The van der Waals surface area contributed by atoms with E-state index >= 15 is 0 Å². The lowest BCUT2D eigenvalue weighted by Gasteiger charge is -2.20. The molecule has 0 radical (unpaired) electrons. The third-order valence-electron chi connectivity index (χ3n) is 3.44. The molecule has 3 rings (SSSR count). The zero-order valence-electron chi connectivity index (χ0n) is 13.7. The van der Waals surface area contributed by atoms with Gasteiger partial charge in [0.2, 0.25) is 0 Å². The van der Waals surface area contributed by atoms with Crippen molar-refractivity contribution in [3.8, 4) is 0 Å². The van der Waals surface area contributed by atoms with Crippen molar-refractivity contribution in [2.24, 2.45) is 5.10 Å². The summed E-state index contributed by atoms with van der Waals surface area (Å²) in [5, 5.41) is 4.84. The molecule has 25 heavy (non-hydrogen) atoms. The molecule has 2 heterocycles. The van der Waals surface area contributed by atoms with Crippen LogP contribution in [0.1, 0.15) is 32.4 Å². The molecule has 0 unspecified atom stereocenters. The van der Waals surface area contributed by atoms with Crippen molar-refractivity contribution in [3.05, 3.63) is 59.8 Å². The van der Waals surface area contributed by atoms with Gasteiger partial charge in [0.25, 0.3) is 5.56 Å². The van der Waals surface area contributed by atoms with Crippen LogP contribution in [0.15, 0.2) is 52.2 Å². The molecule has 130 valence electrons. The molecule has 8 heteroatoms. The van der Waals surface area contributed by atoms with E-state index in [1.54, 1.807) is 12.1 Å². The van der Waals surface area contributed by atoms with E-state index in [-0.39, 0.29) is 11.0 Å². The summed E-state index contributed by atoms with van der Waals surface area (Å²) in [4.78, 5) is 17.6. The van der Waals surface area contributed by atoms with Crippen LogP contribution >= 0.6 is 47.8 Å². The molecule has 0 spiro atoms. The fourth-order valence-corrected chi connectivity index (χ4v) is 3.25. The van der Waals surface area contributed by atoms with Crippen LogP contribution in [-0.4, -0.2) is 15.9 Å². The summed E-state index contributed by atoms with van der Waals surface area (Å²) in [6.07, 6.45) is 1.50. The third-order valence-corrected chi connectivity index (χ3v) is 5.65. The summed E-state index contributed by atoms with van der Waals surface area (Å²) >= 11 is 10.0. The highest BCUT2D eigenvalue weighted by Crippen LogP contribution is 2.26. The highest BCUT2D eigenvalue weighted by molar-refractivity contribution is 9.13. The van der Waals surface area contributed by atoms with Crippen LogP contribution in [0.5, 0.6) is 0 Å². The predicted molar refractivity (Wildman–Crippen MR) is 110 cm³/mol. The van der Waals surface area contributed by atoms with Crippen molar-refractivity contribution in [2.45, 2.75) is 26.2 Å². The first-order chi connectivity index (χ1) is 11.7. The van der Waals surface area contributed by atoms with E-state index in [4.69, 9.17) is 4.42 Å². The average molecular weight is 532 g/mol. The molecule has 0 saturated heterocycles. The smallest absolute Gasteiger partial charge is 0.282 e. The molecule has 0 aliphatic heterocycles. The summed E-state index contributed by atoms with van der Waals surface area (Å²) < 4.78 is 8.98. The number of hydrogen-bond donors (Lipinski definition) is 0. The Labute approximate surface area is 169 Å². The Morgan fingerprint density at radius 3 is 2.52 bits per heavy atom. The predicted octanol–water partition coefficient (Wildman–Crippen LogP) is 5.46. The van der Waals surface area contributed by atoms with E-state index in [1.165, 1.54) is 10.9 Å². The van der Waals surface area contributed by atoms with Crippen molar-refractivity contribution >= 4 is 64.9 Å². The molecule has 0 fully saturated rings. The molecule has 5 nitrogen and oxygen atoms in total. The maximum Gasteiger partial charge on any atom is 0.282 e. The zero-order chi connectivity index (χ0) is 18.4. The van der Waals surface area contributed by atoms with Crippen LogP contribution in [0.25, 0.3) is 10.9 Å². The standard InChI is InChI=1S/C17H14Br3N3O2/c1-17(2,3)16-22-13-5-4-9(18)6-11(13)15(24)23(16)21-8-10-7-12(19)14(20)25-10/h4-8H,1-3H3. The molecule has 0 aliphatic carbocycles. The first-order valence-electron chi connectivity index (χ1n) is 7.39. The second-order valence-corrected chi connectivity index (χ2v) is 8.97. The Morgan fingerprint density at radius 2 is 1.92 bits per heavy atom. The van der Waals surface area contributed by atoms with Gasteiger partial charge < -0.3 is 4.42 Å². The fraction of sp³-hybridized carbons (Fsp3) is 0.235. The zero-order valence-corrected chi connectivity index (χ0v) is 18.4. The molecule has 0 amide bonds. The molecular weight excluding hydrogens is 518 g/mol. The summed E-state index contributed by atoms with van der Waals surface area (Å²) in [7, 11) is 0. The van der Waals surface area contributed by atoms with Crippen molar-refractivity contribution in [1.82, 2.24) is 9.66 Å².